The van der Waals surface area contributed by atoms with Gasteiger partial charge in [0.2, 0.25) is 0 Å². The summed E-state index contributed by atoms with van der Waals surface area (Å²) in [4.78, 5) is 60.9. The Hall–Kier alpha value is -3.94. The molecule has 37 heavy (non-hydrogen) atoms. The number of carboxylic acids is 3. The van der Waals surface area contributed by atoms with Crippen LogP contribution < -0.4 is 0 Å². The van der Waals surface area contributed by atoms with Crippen molar-refractivity contribution in [3.8, 4) is 11.4 Å². The van der Waals surface area contributed by atoms with Gasteiger partial charge in [0, 0.05) is 39.3 Å². The highest BCUT2D eigenvalue weighted by molar-refractivity contribution is 5.90. The minimum Gasteiger partial charge on any atom is -0.480 e. The molecular formula is C24H29N5O8. The van der Waals surface area contributed by atoms with E-state index in [1.54, 1.807) is 32.9 Å². The first kappa shape index (κ1) is 27.6. The summed E-state index contributed by atoms with van der Waals surface area (Å²) >= 11 is 0. The maximum Gasteiger partial charge on any atom is 0.337 e. The van der Waals surface area contributed by atoms with E-state index in [0.29, 0.717) is 22.8 Å². The normalized spacial score (nSPS) is 15.8. The van der Waals surface area contributed by atoms with Gasteiger partial charge in [-0.1, -0.05) is 6.07 Å². The molecule has 0 spiro atoms. The first-order valence-electron chi connectivity index (χ1n) is 11.5. The first-order chi connectivity index (χ1) is 17.6. The van der Waals surface area contributed by atoms with Crippen LogP contribution in [0.1, 0.15) is 21.7 Å². The molecule has 0 atom stereocenters. The van der Waals surface area contributed by atoms with E-state index in [2.05, 4.69) is 9.97 Å². The van der Waals surface area contributed by atoms with E-state index in [4.69, 9.17) is 4.74 Å². The number of carboxylic acid groups (broad SMARTS) is 3. The number of nitrogens with zero attached hydrogens (tertiary/aromatic N) is 5. The third-order valence-corrected chi connectivity index (χ3v) is 5.68. The van der Waals surface area contributed by atoms with Crippen LogP contribution in [0.15, 0.2) is 30.3 Å². The Balaban J connectivity index is 2.08. The standard InChI is InChI=1S/C24H29N5O8/c1-37-24(36)16-9-18-12-29(15-23(34)35)8-6-27(13-21(30)31)5-7-28(14-22(32)33)11-17-3-2-4-19(25-17)20(10-16)26-18/h2-4,9-10H,5-8,11-15H2,1H3,(H,30,31)(H,32,33)(H,34,35). The van der Waals surface area contributed by atoms with Gasteiger partial charge in [-0.25, -0.2) is 14.8 Å². The second kappa shape index (κ2) is 12.9. The summed E-state index contributed by atoms with van der Waals surface area (Å²) in [5.74, 6) is -3.76. The smallest absolute Gasteiger partial charge is 0.337 e. The van der Waals surface area contributed by atoms with Crippen LogP contribution in [-0.4, -0.2) is 117 Å². The zero-order valence-corrected chi connectivity index (χ0v) is 20.4. The number of methoxy groups -OCH3 is 1. The highest BCUT2D eigenvalue weighted by Gasteiger charge is 2.20. The molecule has 3 N–H and O–H groups in total. The SMILES string of the molecule is COC(=O)c1cc2nc(c1)-c1cccc(n1)CN(CC(=O)O)CCN(CC(=O)O)CCN(CC(=O)O)C2. The molecule has 0 saturated carbocycles. The van der Waals surface area contributed by atoms with Crippen molar-refractivity contribution < 1.29 is 39.2 Å². The Kier molecular flexibility index (Phi) is 9.60. The lowest BCUT2D eigenvalue weighted by Crippen LogP contribution is -2.43. The number of hydrogen-bond acceptors (Lipinski definition) is 10. The number of aliphatic carboxylic acids is 3. The minimum atomic E-state index is -1.07. The highest BCUT2D eigenvalue weighted by Crippen LogP contribution is 2.20. The molecule has 0 aliphatic carbocycles. The van der Waals surface area contributed by atoms with E-state index >= 15 is 0 Å². The number of fused-ring (bicyclic) bond motifs is 5. The summed E-state index contributed by atoms with van der Waals surface area (Å²) in [6, 6.07) is 8.25. The van der Waals surface area contributed by atoms with Crippen molar-refractivity contribution in [2.45, 2.75) is 13.1 Å². The molecule has 3 rings (SSSR count). The Morgan fingerprint density at radius 1 is 0.757 bits per heavy atom. The number of pyridine rings is 2. The van der Waals surface area contributed by atoms with Crippen LogP contribution in [-0.2, 0) is 32.2 Å². The molecule has 2 aromatic rings. The molecule has 1 aliphatic rings. The van der Waals surface area contributed by atoms with Gasteiger partial charge in [-0.15, -0.1) is 0 Å². The van der Waals surface area contributed by atoms with Gasteiger partial charge >= 0.3 is 23.9 Å². The fourth-order valence-electron chi connectivity index (χ4n) is 4.04. The summed E-state index contributed by atoms with van der Waals surface area (Å²) in [6.07, 6.45) is 0. The molecule has 13 heteroatoms. The maximum atomic E-state index is 12.4. The molecule has 13 nitrogen and oxygen atoms in total. The fraction of sp³-hybridized carbons (Fsp3) is 0.417. The van der Waals surface area contributed by atoms with Crippen LogP contribution in [0.5, 0.6) is 0 Å². The average Bonchev–Trinajstić information content (AvgIpc) is 2.83. The van der Waals surface area contributed by atoms with Crippen LogP contribution in [0, 0.1) is 0 Å². The molecule has 0 fully saturated rings. The van der Waals surface area contributed by atoms with Crippen molar-refractivity contribution in [2.75, 3.05) is 52.9 Å². The van der Waals surface area contributed by atoms with Crippen molar-refractivity contribution in [3.05, 3.63) is 47.3 Å². The Morgan fingerprint density at radius 2 is 1.27 bits per heavy atom. The summed E-state index contributed by atoms with van der Waals surface area (Å²) in [7, 11) is 1.25. The number of esters is 1. The van der Waals surface area contributed by atoms with E-state index in [0.717, 1.165) is 0 Å². The highest BCUT2D eigenvalue weighted by atomic mass is 16.5. The number of aromatic nitrogens is 2. The third-order valence-electron chi connectivity index (χ3n) is 5.68. The predicted molar refractivity (Wildman–Crippen MR) is 129 cm³/mol. The predicted octanol–water partition coefficient (Wildman–Crippen LogP) is 0.104. The van der Waals surface area contributed by atoms with Gasteiger partial charge in [-0.2, -0.15) is 0 Å². The molecule has 3 heterocycles. The average molecular weight is 516 g/mol. The zero-order valence-electron chi connectivity index (χ0n) is 20.4. The summed E-state index contributed by atoms with van der Waals surface area (Å²) in [6.45, 7) is 0.278. The zero-order chi connectivity index (χ0) is 26.9. The van der Waals surface area contributed by atoms with E-state index < -0.39 is 23.9 Å². The van der Waals surface area contributed by atoms with Gasteiger partial charge in [0.05, 0.1) is 55.1 Å². The van der Waals surface area contributed by atoms with Crippen molar-refractivity contribution in [1.82, 2.24) is 24.7 Å². The fourth-order valence-corrected chi connectivity index (χ4v) is 4.04. The van der Waals surface area contributed by atoms with Crippen molar-refractivity contribution >= 4 is 23.9 Å². The van der Waals surface area contributed by atoms with Crippen LogP contribution in [0.4, 0.5) is 0 Å². The molecule has 4 bridgehead atoms. The van der Waals surface area contributed by atoms with Gasteiger partial charge in [-0.3, -0.25) is 29.1 Å². The van der Waals surface area contributed by atoms with Gasteiger partial charge in [0.25, 0.3) is 0 Å². The van der Waals surface area contributed by atoms with E-state index in [1.165, 1.54) is 19.2 Å². The molecule has 198 valence electrons. The largest absolute Gasteiger partial charge is 0.480 e. The molecule has 0 saturated heterocycles. The van der Waals surface area contributed by atoms with Crippen LogP contribution in [0.3, 0.4) is 0 Å². The number of carbonyl (C=O) groups is 4. The Bertz CT molecular complexity index is 1160. The van der Waals surface area contributed by atoms with Gasteiger partial charge < -0.3 is 20.1 Å². The second-order valence-corrected chi connectivity index (χ2v) is 8.62. The number of rotatable bonds is 7. The third kappa shape index (κ3) is 8.59. The lowest BCUT2D eigenvalue weighted by Gasteiger charge is -2.28. The topological polar surface area (TPSA) is 174 Å². The minimum absolute atomic E-state index is 0.0792. The molecule has 2 aromatic heterocycles. The van der Waals surface area contributed by atoms with Crippen molar-refractivity contribution in [1.29, 1.82) is 0 Å². The summed E-state index contributed by atoms with van der Waals surface area (Å²) < 4.78 is 4.87. The quantitative estimate of drug-likeness (QED) is 0.424. The lowest BCUT2D eigenvalue weighted by molar-refractivity contribution is -0.140. The number of ether oxygens (including phenoxy) is 1. The molecular weight excluding hydrogens is 486 g/mol. The maximum absolute atomic E-state index is 12.4. The van der Waals surface area contributed by atoms with Gasteiger partial charge in [-0.05, 0) is 24.3 Å². The monoisotopic (exact) mass is 515 g/mol. The van der Waals surface area contributed by atoms with Crippen LogP contribution >= 0.6 is 0 Å². The Morgan fingerprint density at radius 3 is 1.84 bits per heavy atom. The molecule has 0 unspecified atom stereocenters. The number of hydrogen-bond donors (Lipinski definition) is 3. The molecule has 1 aliphatic heterocycles. The Labute approximate surface area is 212 Å². The van der Waals surface area contributed by atoms with Gasteiger partial charge in [0.15, 0.2) is 0 Å². The summed E-state index contributed by atoms with van der Waals surface area (Å²) in [5, 5.41) is 28.2. The summed E-state index contributed by atoms with van der Waals surface area (Å²) in [5.41, 5.74) is 2.03. The first-order valence-corrected chi connectivity index (χ1v) is 11.5. The lowest BCUT2D eigenvalue weighted by atomic mass is 10.1. The van der Waals surface area contributed by atoms with Gasteiger partial charge in [0.1, 0.15) is 0 Å². The van der Waals surface area contributed by atoms with Crippen LogP contribution in [0.25, 0.3) is 11.4 Å². The van der Waals surface area contributed by atoms with E-state index in [9.17, 15) is 34.5 Å². The second-order valence-electron chi connectivity index (χ2n) is 8.62. The van der Waals surface area contributed by atoms with Crippen molar-refractivity contribution in [2.24, 2.45) is 0 Å². The molecule has 0 radical (unpaired) electrons. The number of carbonyl (C=O) groups excluding carboxylic acids is 1. The van der Waals surface area contributed by atoms with E-state index in [1.807, 2.05) is 0 Å². The van der Waals surface area contributed by atoms with E-state index in [-0.39, 0.29) is 64.5 Å². The van der Waals surface area contributed by atoms with Crippen LogP contribution in [0.2, 0.25) is 0 Å². The molecule has 0 aromatic carbocycles. The van der Waals surface area contributed by atoms with Crippen molar-refractivity contribution in [3.63, 3.8) is 0 Å². The molecule has 0 amide bonds.